The van der Waals surface area contributed by atoms with Gasteiger partial charge >= 0.3 is 0 Å². The minimum Gasteiger partial charge on any atom is -0.352 e. The Morgan fingerprint density at radius 2 is 1.83 bits per heavy atom. The van der Waals surface area contributed by atoms with Crippen LogP contribution in [0.25, 0.3) is 10.8 Å². The summed E-state index contributed by atoms with van der Waals surface area (Å²) in [6.45, 7) is 3.81. The fourth-order valence-corrected chi connectivity index (χ4v) is 4.29. The first-order chi connectivity index (χ1) is 14.6. The summed E-state index contributed by atoms with van der Waals surface area (Å²) in [7, 11) is 0. The van der Waals surface area contributed by atoms with Gasteiger partial charge in [0.2, 0.25) is 11.8 Å². The number of nitrogens with zero attached hydrogens (tertiary/aromatic N) is 1. The highest BCUT2D eigenvalue weighted by atomic mass is 16.2. The number of nitrogens with one attached hydrogen (secondary N) is 1. The van der Waals surface area contributed by atoms with Gasteiger partial charge in [0.25, 0.3) is 0 Å². The first kappa shape index (κ1) is 20.1. The average molecular weight is 401 g/mol. The predicted molar refractivity (Wildman–Crippen MR) is 120 cm³/mol. The van der Waals surface area contributed by atoms with Crippen molar-refractivity contribution in [3.8, 4) is 0 Å². The van der Waals surface area contributed by atoms with Crippen molar-refractivity contribution < 1.29 is 9.59 Å². The highest BCUT2D eigenvalue weighted by Crippen LogP contribution is 2.22. The Morgan fingerprint density at radius 3 is 2.70 bits per heavy atom. The van der Waals surface area contributed by atoms with Crippen molar-refractivity contribution in [2.24, 2.45) is 5.92 Å². The van der Waals surface area contributed by atoms with Gasteiger partial charge in [-0.25, -0.2) is 0 Å². The maximum absolute atomic E-state index is 13.0. The molecular weight excluding hydrogens is 372 g/mol. The summed E-state index contributed by atoms with van der Waals surface area (Å²) in [5.74, 6) is 0.00160. The molecular formula is C26H28N2O2. The molecule has 1 atom stereocenters. The van der Waals surface area contributed by atoms with Gasteiger partial charge in [-0.05, 0) is 41.7 Å². The lowest BCUT2D eigenvalue weighted by molar-refractivity contribution is -0.135. The molecule has 0 saturated carbocycles. The third-order valence-corrected chi connectivity index (χ3v) is 5.92. The van der Waals surface area contributed by atoms with Crippen molar-refractivity contribution in [1.29, 1.82) is 0 Å². The Hall–Kier alpha value is -3.14. The van der Waals surface area contributed by atoms with Gasteiger partial charge in [0.15, 0.2) is 0 Å². The number of amides is 2. The second-order valence-corrected chi connectivity index (χ2v) is 8.20. The molecule has 0 spiro atoms. The quantitative estimate of drug-likeness (QED) is 0.696. The topological polar surface area (TPSA) is 49.4 Å². The zero-order valence-electron chi connectivity index (χ0n) is 17.4. The Bertz CT molecular complexity index is 1050. The normalized spacial score (nSPS) is 16.4. The van der Waals surface area contributed by atoms with E-state index in [0.717, 1.165) is 41.3 Å². The molecule has 0 radical (unpaired) electrons. The lowest BCUT2D eigenvalue weighted by atomic mass is 9.95. The summed E-state index contributed by atoms with van der Waals surface area (Å²) in [5.41, 5.74) is 3.33. The van der Waals surface area contributed by atoms with Crippen LogP contribution >= 0.6 is 0 Å². The Morgan fingerprint density at radius 1 is 1.03 bits per heavy atom. The van der Waals surface area contributed by atoms with Crippen LogP contribution in [0.4, 0.5) is 0 Å². The zero-order valence-corrected chi connectivity index (χ0v) is 17.4. The molecule has 0 aliphatic carbocycles. The maximum atomic E-state index is 13.0. The molecule has 1 saturated heterocycles. The number of carbonyl (C=O) groups excluding carboxylic acids is 2. The summed E-state index contributed by atoms with van der Waals surface area (Å²) < 4.78 is 0. The van der Waals surface area contributed by atoms with E-state index >= 15 is 0 Å². The number of likely N-dealkylation sites (tertiary alicyclic amines) is 1. The van der Waals surface area contributed by atoms with Crippen LogP contribution < -0.4 is 5.32 Å². The van der Waals surface area contributed by atoms with Gasteiger partial charge in [0.1, 0.15) is 0 Å². The van der Waals surface area contributed by atoms with E-state index in [0.29, 0.717) is 19.5 Å². The van der Waals surface area contributed by atoms with E-state index in [-0.39, 0.29) is 17.7 Å². The van der Waals surface area contributed by atoms with E-state index in [1.165, 1.54) is 5.56 Å². The fourth-order valence-electron chi connectivity index (χ4n) is 4.29. The summed E-state index contributed by atoms with van der Waals surface area (Å²) >= 11 is 0. The molecule has 4 heteroatoms. The molecule has 3 aromatic carbocycles. The molecule has 3 aromatic rings. The van der Waals surface area contributed by atoms with Crippen LogP contribution in [0.2, 0.25) is 0 Å². The van der Waals surface area contributed by atoms with Crippen molar-refractivity contribution in [2.75, 3.05) is 13.1 Å². The highest BCUT2D eigenvalue weighted by molar-refractivity contribution is 5.90. The fraction of sp³-hybridized carbons (Fsp3) is 0.308. The Balaban J connectivity index is 1.37. The Labute approximate surface area is 177 Å². The molecule has 4 rings (SSSR count). The molecule has 1 N–H and O–H groups in total. The van der Waals surface area contributed by atoms with E-state index in [2.05, 4.69) is 29.6 Å². The zero-order chi connectivity index (χ0) is 20.9. The van der Waals surface area contributed by atoms with E-state index in [9.17, 15) is 9.59 Å². The molecule has 1 heterocycles. The van der Waals surface area contributed by atoms with Crippen LogP contribution in [0.3, 0.4) is 0 Å². The lowest BCUT2D eigenvalue weighted by Crippen LogP contribution is -2.45. The standard InChI is InChI=1S/C26H28N2O2/c1-19-7-4-8-20(15-19)17-27-26(30)23-12-6-14-28(18-23)25(29)16-22-11-5-10-21-9-2-3-13-24(21)22/h2-5,7-11,13,15,23H,6,12,14,16-18H2,1H3,(H,27,30)/t23-/m0/s1. The summed E-state index contributed by atoms with van der Waals surface area (Å²) in [4.78, 5) is 27.6. The number of hydrogen-bond acceptors (Lipinski definition) is 2. The molecule has 1 aliphatic rings. The number of aryl methyl sites for hydroxylation is 1. The van der Waals surface area contributed by atoms with Gasteiger partial charge in [-0.1, -0.05) is 72.3 Å². The van der Waals surface area contributed by atoms with Gasteiger partial charge < -0.3 is 10.2 Å². The van der Waals surface area contributed by atoms with Gasteiger partial charge in [0.05, 0.1) is 12.3 Å². The monoisotopic (exact) mass is 400 g/mol. The summed E-state index contributed by atoms with van der Waals surface area (Å²) in [6, 6.07) is 22.4. The predicted octanol–water partition coefficient (Wildman–Crippen LogP) is 4.25. The lowest BCUT2D eigenvalue weighted by Gasteiger charge is -2.32. The SMILES string of the molecule is Cc1cccc(CNC(=O)[C@H]2CCCN(C(=O)Cc3cccc4ccccc34)C2)c1. The van der Waals surface area contributed by atoms with Crippen LogP contribution in [0, 0.1) is 12.8 Å². The minimum atomic E-state index is -0.139. The summed E-state index contributed by atoms with van der Waals surface area (Å²) in [6.07, 6.45) is 2.07. The van der Waals surface area contributed by atoms with E-state index in [1.807, 2.05) is 54.3 Å². The van der Waals surface area contributed by atoms with E-state index < -0.39 is 0 Å². The number of rotatable bonds is 5. The van der Waals surface area contributed by atoms with Crippen molar-refractivity contribution in [3.05, 3.63) is 83.4 Å². The van der Waals surface area contributed by atoms with Gasteiger partial charge in [-0.2, -0.15) is 0 Å². The van der Waals surface area contributed by atoms with Crippen LogP contribution in [0.15, 0.2) is 66.7 Å². The largest absolute Gasteiger partial charge is 0.352 e. The smallest absolute Gasteiger partial charge is 0.227 e. The molecule has 1 aliphatic heterocycles. The first-order valence-electron chi connectivity index (χ1n) is 10.7. The van der Waals surface area contributed by atoms with Crippen molar-refractivity contribution in [3.63, 3.8) is 0 Å². The molecule has 30 heavy (non-hydrogen) atoms. The van der Waals surface area contributed by atoms with Gasteiger partial charge in [-0.3, -0.25) is 9.59 Å². The number of fused-ring (bicyclic) bond motifs is 1. The van der Waals surface area contributed by atoms with Crippen LogP contribution in [-0.2, 0) is 22.6 Å². The van der Waals surface area contributed by atoms with E-state index in [4.69, 9.17) is 0 Å². The number of hydrogen-bond donors (Lipinski definition) is 1. The van der Waals surface area contributed by atoms with E-state index in [1.54, 1.807) is 0 Å². The van der Waals surface area contributed by atoms with Crippen molar-refractivity contribution >= 4 is 22.6 Å². The van der Waals surface area contributed by atoms with Crippen molar-refractivity contribution in [1.82, 2.24) is 10.2 Å². The average Bonchev–Trinajstić information content (AvgIpc) is 2.78. The molecule has 2 amide bonds. The highest BCUT2D eigenvalue weighted by Gasteiger charge is 2.28. The molecule has 154 valence electrons. The Kier molecular flexibility index (Phi) is 6.12. The van der Waals surface area contributed by atoms with Gasteiger partial charge in [-0.15, -0.1) is 0 Å². The first-order valence-corrected chi connectivity index (χ1v) is 10.7. The molecule has 0 bridgehead atoms. The maximum Gasteiger partial charge on any atom is 0.227 e. The summed E-state index contributed by atoms with van der Waals surface area (Å²) in [5, 5.41) is 5.32. The van der Waals surface area contributed by atoms with Gasteiger partial charge in [0, 0.05) is 19.6 Å². The van der Waals surface area contributed by atoms with Crippen LogP contribution in [0.5, 0.6) is 0 Å². The molecule has 0 aromatic heterocycles. The molecule has 1 fully saturated rings. The third kappa shape index (κ3) is 4.70. The van der Waals surface area contributed by atoms with Crippen LogP contribution in [-0.4, -0.2) is 29.8 Å². The third-order valence-electron chi connectivity index (χ3n) is 5.92. The molecule has 0 unspecified atom stereocenters. The molecule has 4 nitrogen and oxygen atoms in total. The number of carbonyl (C=O) groups is 2. The minimum absolute atomic E-state index is 0.0409. The van der Waals surface area contributed by atoms with Crippen LogP contribution in [0.1, 0.15) is 29.5 Å². The number of piperidine rings is 1. The second-order valence-electron chi connectivity index (χ2n) is 8.20. The number of benzene rings is 3. The van der Waals surface area contributed by atoms with Crippen molar-refractivity contribution in [2.45, 2.75) is 32.7 Å². The second kappa shape index (κ2) is 9.12.